The fraction of sp³-hybridized carbons (Fsp3) is 0.217. The number of hydrogen-bond donors (Lipinski definition) is 1. The highest BCUT2D eigenvalue weighted by Gasteiger charge is 2.22. The van der Waals surface area contributed by atoms with Crippen LogP contribution in [-0.2, 0) is 13.0 Å². The van der Waals surface area contributed by atoms with Crippen LogP contribution in [0.25, 0.3) is 0 Å². The predicted molar refractivity (Wildman–Crippen MR) is 108 cm³/mol. The lowest BCUT2D eigenvalue weighted by Gasteiger charge is -2.29. The van der Waals surface area contributed by atoms with E-state index in [1.165, 1.54) is 16.7 Å². The molecule has 0 spiro atoms. The van der Waals surface area contributed by atoms with E-state index in [0.717, 1.165) is 18.8 Å². The van der Waals surface area contributed by atoms with Gasteiger partial charge in [0.2, 0.25) is 0 Å². The van der Waals surface area contributed by atoms with Gasteiger partial charge >= 0.3 is 0 Å². The zero-order chi connectivity index (χ0) is 18.6. The van der Waals surface area contributed by atoms with Crippen LogP contribution in [0.15, 0.2) is 72.9 Å². The minimum absolute atomic E-state index is 0.0577. The molecule has 4 heteroatoms. The summed E-state index contributed by atoms with van der Waals surface area (Å²) < 4.78 is 0. The maximum absolute atomic E-state index is 13.0. The largest absolute Gasteiger partial charge is 0.364 e. The van der Waals surface area contributed by atoms with E-state index in [-0.39, 0.29) is 11.9 Å². The zero-order valence-electron chi connectivity index (χ0n) is 15.4. The average molecular weight is 357 g/mol. The number of rotatable bonds is 4. The van der Waals surface area contributed by atoms with Crippen molar-refractivity contribution in [1.29, 1.82) is 0 Å². The van der Waals surface area contributed by atoms with Crippen LogP contribution in [-0.4, -0.2) is 22.3 Å². The van der Waals surface area contributed by atoms with E-state index in [1.807, 2.05) is 35.2 Å². The molecule has 0 aliphatic carbocycles. The Balaban J connectivity index is 1.48. The van der Waals surface area contributed by atoms with E-state index in [1.54, 1.807) is 12.3 Å². The third-order valence-corrected chi connectivity index (χ3v) is 5.09. The quantitative estimate of drug-likeness (QED) is 0.750. The van der Waals surface area contributed by atoms with Crippen molar-refractivity contribution in [2.24, 2.45) is 0 Å². The van der Waals surface area contributed by atoms with Crippen LogP contribution < -0.4 is 5.32 Å². The number of carbonyl (C=O) groups excluding carboxylic acids is 1. The molecule has 1 aliphatic rings. The summed E-state index contributed by atoms with van der Waals surface area (Å²) in [6, 6.07) is 22.3. The maximum atomic E-state index is 13.0. The summed E-state index contributed by atoms with van der Waals surface area (Å²) in [5, 5.41) is 3.39. The van der Waals surface area contributed by atoms with Crippen molar-refractivity contribution in [1.82, 2.24) is 9.88 Å². The molecule has 0 bridgehead atoms. The van der Waals surface area contributed by atoms with Crippen molar-refractivity contribution >= 4 is 11.7 Å². The number of nitrogens with zero attached hydrogens (tertiary/aromatic N) is 2. The Kier molecular flexibility index (Phi) is 4.88. The van der Waals surface area contributed by atoms with E-state index in [4.69, 9.17) is 0 Å². The lowest BCUT2D eigenvalue weighted by molar-refractivity contribution is 0.0734. The first-order valence-corrected chi connectivity index (χ1v) is 9.34. The number of anilines is 1. The second-order valence-corrected chi connectivity index (χ2v) is 6.95. The monoisotopic (exact) mass is 357 g/mol. The van der Waals surface area contributed by atoms with Crippen LogP contribution in [0.3, 0.4) is 0 Å². The van der Waals surface area contributed by atoms with Crippen LogP contribution in [0.2, 0.25) is 0 Å². The molecule has 0 saturated carbocycles. The van der Waals surface area contributed by atoms with Crippen LogP contribution in [0.1, 0.15) is 40.0 Å². The molecule has 1 aromatic heterocycles. The molecule has 0 radical (unpaired) electrons. The van der Waals surface area contributed by atoms with Crippen molar-refractivity contribution in [3.8, 4) is 0 Å². The smallest absolute Gasteiger partial charge is 0.254 e. The Morgan fingerprint density at radius 3 is 2.59 bits per heavy atom. The fourth-order valence-corrected chi connectivity index (χ4v) is 3.54. The van der Waals surface area contributed by atoms with Gasteiger partial charge < -0.3 is 10.2 Å². The third kappa shape index (κ3) is 3.85. The van der Waals surface area contributed by atoms with Crippen LogP contribution in [0, 0.1) is 0 Å². The summed E-state index contributed by atoms with van der Waals surface area (Å²) >= 11 is 0. The molecule has 0 saturated heterocycles. The van der Waals surface area contributed by atoms with Gasteiger partial charge in [0.1, 0.15) is 5.82 Å². The number of amides is 1. The number of pyridine rings is 1. The van der Waals surface area contributed by atoms with E-state index in [0.29, 0.717) is 12.1 Å². The summed E-state index contributed by atoms with van der Waals surface area (Å²) in [4.78, 5) is 19.3. The van der Waals surface area contributed by atoms with Gasteiger partial charge in [-0.1, -0.05) is 54.6 Å². The van der Waals surface area contributed by atoms with Gasteiger partial charge in [0.25, 0.3) is 5.91 Å². The van der Waals surface area contributed by atoms with Gasteiger partial charge in [0, 0.05) is 30.9 Å². The number of benzene rings is 2. The van der Waals surface area contributed by atoms with Gasteiger partial charge in [-0.15, -0.1) is 0 Å². The van der Waals surface area contributed by atoms with Crippen LogP contribution in [0.4, 0.5) is 5.82 Å². The topological polar surface area (TPSA) is 45.2 Å². The van der Waals surface area contributed by atoms with Crippen molar-refractivity contribution in [3.05, 3.63) is 95.2 Å². The summed E-state index contributed by atoms with van der Waals surface area (Å²) in [7, 11) is 0. The highest BCUT2D eigenvalue weighted by molar-refractivity contribution is 5.95. The summed E-state index contributed by atoms with van der Waals surface area (Å²) in [6.45, 7) is 3.51. The second kappa shape index (κ2) is 7.62. The number of carbonyl (C=O) groups is 1. The Hall–Kier alpha value is -3.14. The number of aromatic nitrogens is 1. The Morgan fingerprint density at radius 1 is 1.04 bits per heavy atom. The molecule has 3 aromatic rings. The molecular weight excluding hydrogens is 334 g/mol. The summed E-state index contributed by atoms with van der Waals surface area (Å²) in [6.07, 6.45) is 2.61. The lowest BCUT2D eigenvalue weighted by atomic mass is 9.99. The van der Waals surface area contributed by atoms with Gasteiger partial charge in [-0.25, -0.2) is 4.98 Å². The number of fused-ring (bicyclic) bond motifs is 1. The molecular formula is C23H23N3O. The van der Waals surface area contributed by atoms with Gasteiger partial charge in [-0.3, -0.25) is 4.79 Å². The maximum Gasteiger partial charge on any atom is 0.254 e. The lowest BCUT2D eigenvalue weighted by Crippen LogP contribution is -2.36. The molecule has 0 fully saturated rings. The second-order valence-electron chi connectivity index (χ2n) is 6.95. The SMILES string of the molecule is CC(Nc1cc(C(=O)N2CCc3ccccc3C2)ccn1)c1ccccc1. The van der Waals surface area contributed by atoms with Gasteiger partial charge in [0.15, 0.2) is 0 Å². The first-order chi connectivity index (χ1) is 13.2. The highest BCUT2D eigenvalue weighted by atomic mass is 16.2. The first-order valence-electron chi connectivity index (χ1n) is 9.34. The van der Waals surface area contributed by atoms with Gasteiger partial charge in [-0.05, 0) is 42.2 Å². The molecule has 136 valence electrons. The molecule has 2 heterocycles. The normalized spacial score (nSPS) is 14.3. The minimum Gasteiger partial charge on any atom is -0.364 e. The molecule has 1 amide bonds. The van der Waals surface area contributed by atoms with Crippen molar-refractivity contribution < 1.29 is 4.79 Å². The number of hydrogen-bond acceptors (Lipinski definition) is 3. The summed E-state index contributed by atoms with van der Waals surface area (Å²) in [5.41, 5.74) is 4.44. The van der Waals surface area contributed by atoms with Crippen molar-refractivity contribution in [3.63, 3.8) is 0 Å². The zero-order valence-corrected chi connectivity index (χ0v) is 15.4. The van der Waals surface area contributed by atoms with Gasteiger partial charge in [-0.2, -0.15) is 0 Å². The molecule has 4 nitrogen and oxygen atoms in total. The third-order valence-electron chi connectivity index (χ3n) is 5.09. The van der Waals surface area contributed by atoms with Crippen LogP contribution in [0.5, 0.6) is 0 Å². The molecule has 2 aromatic carbocycles. The number of nitrogens with one attached hydrogen (secondary N) is 1. The Morgan fingerprint density at radius 2 is 1.78 bits per heavy atom. The molecule has 1 unspecified atom stereocenters. The molecule has 1 aliphatic heterocycles. The standard InChI is InChI=1S/C23H23N3O/c1-17(18-7-3-2-4-8-18)25-22-15-20(11-13-24-22)23(27)26-14-12-19-9-5-6-10-21(19)16-26/h2-11,13,15,17H,12,14,16H2,1H3,(H,24,25). The van der Waals surface area contributed by atoms with E-state index < -0.39 is 0 Å². The fourth-order valence-electron chi connectivity index (χ4n) is 3.54. The highest BCUT2D eigenvalue weighted by Crippen LogP contribution is 2.22. The van der Waals surface area contributed by atoms with Crippen LogP contribution >= 0.6 is 0 Å². The predicted octanol–water partition coefficient (Wildman–Crippen LogP) is 4.45. The average Bonchev–Trinajstić information content (AvgIpc) is 2.73. The van der Waals surface area contributed by atoms with E-state index in [2.05, 4.69) is 47.6 Å². The van der Waals surface area contributed by atoms with Gasteiger partial charge in [0.05, 0.1) is 0 Å². The van der Waals surface area contributed by atoms with E-state index >= 15 is 0 Å². The first kappa shape index (κ1) is 17.3. The minimum atomic E-state index is 0.0577. The Bertz CT molecular complexity index is 939. The van der Waals surface area contributed by atoms with E-state index in [9.17, 15) is 4.79 Å². The molecule has 27 heavy (non-hydrogen) atoms. The molecule has 1 atom stereocenters. The van der Waals surface area contributed by atoms with Crippen molar-refractivity contribution in [2.75, 3.05) is 11.9 Å². The Labute approximate surface area is 159 Å². The molecule has 4 rings (SSSR count). The summed E-state index contributed by atoms with van der Waals surface area (Å²) in [5.74, 6) is 0.775. The molecule has 1 N–H and O–H groups in total. The van der Waals surface area contributed by atoms with Crippen molar-refractivity contribution in [2.45, 2.75) is 25.9 Å².